The van der Waals surface area contributed by atoms with E-state index >= 15 is 0 Å². The first kappa shape index (κ1) is 9.95. The Labute approximate surface area is 74.0 Å². The Morgan fingerprint density at radius 1 is 1.33 bits per heavy atom. The average molecular weight is 192 g/mol. The molecular weight excluding hydrogens is 176 g/mol. The van der Waals surface area contributed by atoms with Gasteiger partial charge in [0, 0.05) is 19.6 Å². The van der Waals surface area contributed by atoms with Gasteiger partial charge < -0.3 is 5.32 Å². The lowest BCUT2D eigenvalue weighted by Crippen LogP contribution is -2.33. The lowest BCUT2D eigenvalue weighted by molar-refractivity contribution is 0.476. The van der Waals surface area contributed by atoms with Crippen LogP contribution in [0.1, 0.15) is 12.8 Å². The van der Waals surface area contributed by atoms with Crippen molar-refractivity contribution in [2.45, 2.75) is 12.8 Å². The third-order valence-corrected chi connectivity index (χ3v) is 3.94. The van der Waals surface area contributed by atoms with Crippen molar-refractivity contribution in [3.63, 3.8) is 0 Å². The summed E-state index contributed by atoms with van der Waals surface area (Å²) in [5.74, 6) is 0.226. The zero-order chi connectivity index (χ0) is 9.03. The number of nitrogens with zero attached hydrogens (tertiary/aromatic N) is 1. The zero-order valence-electron chi connectivity index (χ0n) is 7.41. The van der Waals surface area contributed by atoms with Crippen LogP contribution in [0.15, 0.2) is 0 Å². The zero-order valence-corrected chi connectivity index (χ0v) is 8.23. The van der Waals surface area contributed by atoms with Crippen molar-refractivity contribution in [2.75, 3.05) is 32.4 Å². The molecule has 12 heavy (non-hydrogen) atoms. The molecule has 0 amide bonds. The minimum absolute atomic E-state index is 0.226. The van der Waals surface area contributed by atoms with Crippen molar-refractivity contribution in [3.05, 3.63) is 0 Å². The Balaban J connectivity index is 2.46. The van der Waals surface area contributed by atoms with Gasteiger partial charge in [-0.3, -0.25) is 0 Å². The highest BCUT2D eigenvalue weighted by Crippen LogP contribution is 2.12. The highest BCUT2D eigenvalue weighted by atomic mass is 32.2. The van der Waals surface area contributed by atoms with E-state index in [1.54, 1.807) is 11.4 Å². The van der Waals surface area contributed by atoms with Gasteiger partial charge >= 0.3 is 0 Å². The fraction of sp³-hybridized carbons (Fsp3) is 1.00. The van der Waals surface area contributed by atoms with Crippen LogP contribution >= 0.6 is 0 Å². The number of nitrogens with one attached hydrogen (secondary N) is 1. The highest BCUT2D eigenvalue weighted by Gasteiger charge is 2.24. The largest absolute Gasteiger partial charge is 0.319 e. The molecule has 72 valence electrons. The van der Waals surface area contributed by atoms with Crippen molar-refractivity contribution in [1.29, 1.82) is 0 Å². The molecule has 0 aromatic rings. The van der Waals surface area contributed by atoms with Crippen LogP contribution in [0.3, 0.4) is 0 Å². The maximum Gasteiger partial charge on any atom is 0.215 e. The van der Waals surface area contributed by atoms with Gasteiger partial charge in [0.05, 0.1) is 5.75 Å². The van der Waals surface area contributed by atoms with Crippen LogP contribution in [-0.4, -0.2) is 45.2 Å². The molecule has 0 spiro atoms. The Bertz CT molecular complexity index is 220. The number of hydrogen-bond acceptors (Lipinski definition) is 3. The van der Waals surface area contributed by atoms with Gasteiger partial charge in [-0.25, -0.2) is 12.7 Å². The summed E-state index contributed by atoms with van der Waals surface area (Å²) >= 11 is 0. The van der Waals surface area contributed by atoms with E-state index < -0.39 is 10.0 Å². The summed E-state index contributed by atoms with van der Waals surface area (Å²) in [4.78, 5) is 0. The van der Waals surface area contributed by atoms with Gasteiger partial charge in [0.25, 0.3) is 0 Å². The van der Waals surface area contributed by atoms with Crippen LogP contribution in [0.2, 0.25) is 0 Å². The molecule has 1 heterocycles. The predicted molar refractivity (Wildman–Crippen MR) is 48.5 cm³/mol. The third-order valence-electron chi connectivity index (χ3n) is 2.07. The highest BCUT2D eigenvalue weighted by molar-refractivity contribution is 7.89. The van der Waals surface area contributed by atoms with Crippen LogP contribution in [0, 0.1) is 0 Å². The Morgan fingerprint density at radius 3 is 2.42 bits per heavy atom. The summed E-state index contributed by atoms with van der Waals surface area (Å²) in [5.41, 5.74) is 0. The van der Waals surface area contributed by atoms with Crippen molar-refractivity contribution in [1.82, 2.24) is 9.62 Å². The van der Waals surface area contributed by atoms with Crippen LogP contribution in [-0.2, 0) is 10.0 Å². The first-order valence-electron chi connectivity index (χ1n) is 4.29. The van der Waals surface area contributed by atoms with E-state index in [0.29, 0.717) is 19.6 Å². The first-order valence-corrected chi connectivity index (χ1v) is 5.90. The van der Waals surface area contributed by atoms with Gasteiger partial charge in [0.15, 0.2) is 0 Å². The fourth-order valence-electron chi connectivity index (χ4n) is 1.33. The van der Waals surface area contributed by atoms with E-state index in [9.17, 15) is 8.42 Å². The third kappa shape index (κ3) is 2.43. The van der Waals surface area contributed by atoms with E-state index in [1.807, 2.05) is 0 Å². The molecule has 1 saturated heterocycles. The number of sulfonamides is 1. The first-order chi connectivity index (χ1) is 5.67. The molecule has 0 saturated carbocycles. The van der Waals surface area contributed by atoms with Crippen LogP contribution < -0.4 is 5.32 Å². The lowest BCUT2D eigenvalue weighted by atomic mass is 10.4. The molecule has 4 nitrogen and oxygen atoms in total. The molecule has 1 aliphatic rings. The molecule has 0 aromatic carbocycles. The SMILES string of the molecule is CNCCS(=O)(=O)N1CCCC1. The van der Waals surface area contributed by atoms with Crippen molar-refractivity contribution in [3.8, 4) is 0 Å². The monoisotopic (exact) mass is 192 g/mol. The van der Waals surface area contributed by atoms with Crippen molar-refractivity contribution < 1.29 is 8.42 Å². The molecule has 1 aliphatic heterocycles. The van der Waals surface area contributed by atoms with E-state index in [4.69, 9.17) is 0 Å². The summed E-state index contributed by atoms with van der Waals surface area (Å²) in [6, 6.07) is 0. The van der Waals surface area contributed by atoms with E-state index in [1.165, 1.54) is 0 Å². The van der Waals surface area contributed by atoms with Gasteiger partial charge in [0.1, 0.15) is 0 Å². The lowest BCUT2D eigenvalue weighted by Gasteiger charge is -2.14. The second-order valence-corrected chi connectivity index (χ2v) is 5.11. The van der Waals surface area contributed by atoms with E-state index in [-0.39, 0.29) is 5.75 Å². The fourth-order valence-corrected chi connectivity index (χ4v) is 2.86. The minimum atomic E-state index is -2.95. The van der Waals surface area contributed by atoms with E-state index in [0.717, 1.165) is 12.8 Å². The summed E-state index contributed by atoms with van der Waals surface area (Å²) in [5, 5.41) is 2.84. The molecule has 5 heteroatoms. The minimum Gasteiger partial charge on any atom is -0.319 e. The molecule has 0 atom stereocenters. The van der Waals surface area contributed by atoms with Gasteiger partial charge in [0.2, 0.25) is 10.0 Å². The van der Waals surface area contributed by atoms with Crippen molar-refractivity contribution >= 4 is 10.0 Å². The molecule has 1 rings (SSSR count). The summed E-state index contributed by atoms with van der Waals surface area (Å²) in [6.45, 7) is 1.97. The summed E-state index contributed by atoms with van der Waals surface area (Å²) < 4.78 is 24.5. The number of rotatable bonds is 4. The second-order valence-electron chi connectivity index (χ2n) is 3.03. The molecule has 0 aliphatic carbocycles. The topological polar surface area (TPSA) is 49.4 Å². The Kier molecular flexibility index (Phi) is 3.49. The van der Waals surface area contributed by atoms with Gasteiger partial charge in [-0.1, -0.05) is 0 Å². The van der Waals surface area contributed by atoms with Crippen LogP contribution in [0.4, 0.5) is 0 Å². The second kappa shape index (κ2) is 4.20. The number of hydrogen-bond donors (Lipinski definition) is 1. The average Bonchev–Trinajstić information content (AvgIpc) is 2.53. The van der Waals surface area contributed by atoms with Crippen LogP contribution in [0.25, 0.3) is 0 Å². The summed E-state index contributed by atoms with van der Waals surface area (Å²) in [7, 11) is -1.19. The maximum atomic E-state index is 11.5. The van der Waals surface area contributed by atoms with E-state index in [2.05, 4.69) is 5.32 Å². The summed E-state index contributed by atoms with van der Waals surface area (Å²) in [6.07, 6.45) is 2.03. The Hall–Kier alpha value is -0.130. The molecule has 0 bridgehead atoms. The maximum absolute atomic E-state index is 11.5. The molecule has 1 N–H and O–H groups in total. The quantitative estimate of drug-likeness (QED) is 0.661. The van der Waals surface area contributed by atoms with Gasteiger partial charge in [-0.2, -0.15) is 0 Å². The molecule has 0 unspecified atom stereocenters. The smallest absolute Gasteiger partial charge is 0.215 e. The van der Waals surface area contributed by atoms with Gasteiger partial charge in [-0.05, 0) is 19.9 Å². The molecule has 0 aromatic heterocycles. The molecule has 1 fully saturated rings. The van der Waals surface area contributed by atoms with Crippen LogP contribution in [0.5, 0.6) is 0 Å². The Morgan fingerprint density at radius 2 is 1.92 bits per heavy atom. The van der Waals surface area contributed by atoms with Crippen molar-refractivity contribution in [2.24, 2.45) is 0 Å². The molecule has 0 radical (unpaired) electrons. The van der Waals surface area contributed by atoms with Gasteiger partial charge in [-0.15, -0.1) is 0 Å². The predicted octanol–water partition coefficient (Wildman–Crippen LogP) is -0.369. The normalized spacial score (nSPS) is 20.1. The standard InChI is InChI=1S/C7H16N2O2S/c1-8-4-7-12(10,11)9-5-2-3-6-9/h8H,2-7H2,1H3. The molecular formula is C7H16N2O2S.